The van der Waals surface area contributed by atoms with E-state index in [2.05, 4.69) is 10.6 Å². The zero-order chi connectivity index (χ0) is 51.6. The van der Waals surface area contributed by atoms with Gasteiger partial charge >= 0.3 is 30.0 Å². The van der Waals surface area contributed by atoms with Crippen molar-refractivity contribution in [3.05, 3.63) is 36.0 Å². The summed E-state index contributed by atoms with van der Waals surface area (Å²) in [5, 5.41) is 62.4. The Hall–Kier alpha value is -4.27. The molecule has 0 aromatic carbocycles. The molecule has 24 heteroatoms. The van der Waals surface area contributed by atoms with Gasteiger partial charge < -0.3 is 74.4 Å². The van der Waals surface area contributed by atoms with Crippen molar-refractivity contribution in [3.63, 3.8) is 0 Å². The molecule has 2 amide bonds. The summed E-state index contributed by atoms with van der Waals surface area (Å²) in [6.07, 6.45) is -2.68. The lowest BCUT2D eigenvalue weighted by Gasteiger charge is -2.60. The number of carbonyl (C=O) groups excluding carboxylic acids is 6. The van der Waals surface area contributed by atoms with Crippen LogP contribution in [0.5, 0.6) is 0 Å². The Morgan fingerprint density at radius 3 is 2.33 bits per heavy atom. The molecular formula is C46H66N2O20S2. The van der Waals surface area contributed by atoms with E-state index in [-0.39, 0.29) is 50.6 Å². The number of allylic oxidation sites excluding steroid dienone is 3. The first-order valence-corrected chi connectivity index (χ1v) is 25.6. The highest BCUT2D eigenvalue weighted by Gasteiger charge is 2.87. The maximum absolute atomic E-state index is 14.2. The van der Waals surface area contributed by atoms with Crippen molar-refractivity contribution in [1.29, 1.82) is 0 Å². The van der Waals surface area contributed by atoms with Gasteiger partial charge in [-0.3, -0.25) is 9.59 Å². The summed E-state index contributed by atoms with van der Waals surface area (Å²) in [4.78, 5) is 90.0. The Bertz CT molecular complexity index is 2020. The Kier molecular flexibility index (Phi) is 19.8. The Labute approximate surface area is 413 Å². The molecule has 22 nitrogen and oxygen atoms in total. The van der Waals surface area contributed by atoms with Crippen LogP contribution in [0.15, 0.2) is 36.0 Å². The fraction of sp³-hybridized carbons (Fsp3) is 0.717. The highest BCUT2D eigenvalue weighted by Crippen LogP contribution is 2.75. The topological polar surface area (TPSA) is 333 Å². The van der Waals surface area contributed by atoms with Gasteiger partial charge in [0.1, 0.15) is 54.9 Å². The molecule has 2 spiro atoms. The molecule has 14 atom stereocenters. The summed E-state index contributed by atoms with van der Waals surface area (Å²) in [5.74, 6) is -6.33. The van der Waals surface area contributed by atoms with Gasteiger partial charge in [-0.1, -0.05) is 66.2 Å². The van der Waals surface area contributed by atoms with E-state index >= 15 is 0 Å². The number of aliphatic hydroxyl groups is 5. The molecule has 1 saturated carbocycles. The number of carboxylic acid groups (broad SMARTS) is 1. The number of aliphatic hydroxyl groups excluding tert-OH is 5. The third-order valence-electron chi connectivity index (χ3n) is 14.2. The second-order valence-electron chi connectivity index (χ2n) is 18.8. The average molecular weight is 1030 g/mol. The monoisotopic (exact) mass is 1030 g/mol. The van der Waals surface area contributed by atoms with E-state index in [1.807, 2.05) is 26.8 Å². The number of epoxide rings is 1. The number of hydrogen-bond acceptors (Lipinski definition) is 21. The molecule has 70 heavy (non-hydrogen) atoms. The average Bonchev–Trinajstić information content (AvgIpc) is 4.13. The van der Waals surface area contributed by atoms with Crippen molar-refractivity contribution >= 4 is 63.4 Å². The highest BCUT2D eigenvalue weighted by molar-refractivity contribution is 8.76. The van der Waals surface area contributed by atoms with Crippen molar-refractivity contribution in [2.45, 2.75) is 133 Å². The van der Waals surface area contributed by atoms with E-state index in [1.54, 1.807) is 6.92 Å². The molecular weight excluding hydrogens is 965 g/mol. The number of ether oxygens (including phenoxy) is 7. The van der Waals surface area contributed by atoms with Crippen LogP contribution in [0.3, 0.4) is 0 Å². The molecule has 2 bridgehead atoms. The van der Waals surface area contributed by atoms with Crippen LogP contribution in [0.25, 0.3) is 0 Å². The van der Waals surface area contributed by atoms with Gasteiger partial charge in [0.15, 0.2) is 0 Å². The molecule has 8 N–H and O–H groups in total. The van der Waals surface area contributed by atoms with Crippen molar-refractivity contribution in [3.8, 4) is 0 Å². The van der Waals surface area contributed by atoms with Crippen LogP contribution in [-0.2, 0) is 61.9 Å². The standard InChI is InChI=1S/C46H66N2O20S2/c1-25-12-14-45-23-64-41(60)38(26(2)13-15-62-34(53)8-6-7-9-35(54)66-32-19-43(4,68-31(45)18-25)46(24-65-46)44(32,45)5)67-42(61)63-16-17-69-70-22-28(40(58)59)48-39(57)27(3)10-11-33(52)47-20-29(50)36(55)37(56)30(51)21-49/h6-9,18,26-32,36-38,49-51,55-56H,10-17,19-24H2,1-5H3,(H,47,52)(H,48,57)(H,58,59)/b8-6+,9-7-/t26-,27+,28+,29+,30-,31-,32-,36-,37-,38+,43-,44-,45-,46+/m1/s1. The zero-order valence-corrected chi connectivity index (χ0v) is 41.4. The number of carbonyl (C=O) groups is 7. The van der Waals surface area contributed by atoms with E-state index in [4.69, 9.17) is 38.3 Å². The van der Waals surface area contributed by atoms with Gasteiger partial charge in [0.05, 0.1) is 37.4 Å². The number of aliphatic carboxylic acids is 1. The molecule has 3 aliphatic heterocycles. The molecule has 0 aromatic heterocycles. The minimum atomic E-state index is -1.87. The van der Waals surface area contributed by atoms with Crippen LogP contribution >= 0.6 is 21.6 Å². The Morgan fingerprint density at radius 2 is 1.66 bits per heavy atom. The summed E-state index contributed by atoms with van der Waals surface area (Å²) in [5.41, 5.74) is -2.45. The number of hydrogen-bond donors (Lipinski definition) is 8. The maximum atomic E-state index is 14.2. The van der Waals surface area contributed by atoms with Gasteiger partial charge in [0, 0.05) is 60.3 Å². The summed E-state index contributed by atoms with van der Waals surface area (Å²) in [6.45, 7) is 7.43. The minimum absolute atomic E-state index is 0.00812. The van der Waals surface area contributed by atoms with E-state index in [1.165, 1.54) is 25.2 Å². The normalized spacial score (nSPS) is 33.3. The fourth-order valence-electron chi connectivity index (χ4n) is 9.69. The first kappa shape index (κ1) is 56.6. The molecule has 5 aliphatic rings. The van der Waals surface area contributed by atoms with Crippen LogP contribution in [0.4, 0.5) is 4.79 Å². The summed E-state index contributed by atoms with van der Waals surface area (Å²) >= 11 is 0. The minimum Gasteiger partial charge on any atom is -0.480 e. The molecule has 2 saturated heterocycles. The lowest BCUT2D eigenvalue weighted by Crippen LogP contribution is -2.69. The second kappa shape index (κ2) is 24.4. The van der Waals surface area contributed by atoms with Gasteiger partial charge in [-0.05, 0) is 39.5 Å². The third kappa shape index (κ3) is 12.8. The zero-order valence-electron chi connectivity index (χ0n) is 39.8. The van der Waals surface area contributed by atoms with Gasteiger partial charge in [-0.2, -0.15) is 0 Å². The number of esters is 3. The predicted molar refractivity (Wildman–Crippen MR) is 247 cm³/mol. The number of carboxylic acids is 1. The molecule has 3 heterocycles. The lowest BCUT2D eigenvalue weighted by molar-refractivity contribution is -0.260. The van der Waals surface area contributed by atoms with Gasteiger partial charge in [-0.15, -0.1) is 0 Å². The molecule has 0 aromatic rings. The Balaban J connectivity index is 1.13. The predicted octanol–water partition coefficient (Wildman–Crippen LogP) is 0.641. The quantitative estimate of drug-likeness (QED) is 0.0220. The summed E-state index contributed by atoms with van der Waals surface area (Å²) in [6, 6.07) is -1.32. The van der Waals surface area contributed by atoms with Crippen LogP contribution in [0, 0.1) is 22.7 Å². The van der Waals surface area contributed by atoms with Gasteiger partial charge in [0.25, 0.3) is 0 Å². The van der Waals surface area contributed by atoms with E-state index in [9.17, 15) is 59.1 Å². The van der Waals surface area contributed by atoms with E-state index < -0.39 is 138 Å². The van der Waals surface area contributed by atoms with Crippen LogP contribution in [0.1, 0.15) is 73.1 Å². The van der Waals surface area contributed by atoms with Gasteiger partial charge in [0.2, 0.25) is 17.9 Å². The largest absolute Gasteiger partial charge is 0.509 e. The van der Waals surface area contributed by atoms with Crippen LogP contribution in [-0.4, -0.2) is 184 Å². The van der Waals surface area contributed by atoms with Crippen LogP contribution < -0.4 is 10.6 Å². The van der Waals surface area contributed by atoms with Crippen LogP contribution in [0.2, 0.25) is 0 Å². The maximum Gasteiger partial charge on any atom is 0.509 e. The van der Waals surface area contributed by atoms with E-state index in [0.717, 1.165) is 33.2 Å². The number of cyclic esters (lactones) is 2. The van der Waals surface area contributed by atoms with Crippen molar-refractivity contribution in [1.82, 2.24) is 10.6 Å². The smallest absolute Gasteiger partial charge is 0.480 e. The summed E-state index contributed by atoms with van der Waals surface area (Å²) < 4.78 is 41.6. The molecule has 0 radical (unpaired) electrons. The molecule has 5 rings (SSSR count). The molecule has 0 unspecified atom stereocenters. The Morgan fingerprint density at radius 1 is 0.971 bits per heavy atom. The lowest BCUT2D eigenvalue weighted by atomic mass is 9.50. The van der Waals surface area contributed by atoms with Crippen molar-refractivity contribution in [2.24, 2.45) is 22.7 Å². The van der Waals surface area contributed by atoms with Gasteiger partial charge in [-0.25, -0.2) is 24.0 Å². The third-order valence-corrected chi connectivity index (χ3v) is 16.6. The number of amides is 2. The van der Waals surface area contributed by atoms with E-state index in [0.29, 0.717) is 25.9 Å². The summed E-state index contributed by atoms with van der Waals surface area (Å²) in [7, 11) is 2.20. The SMILES string of the molecule is CC1=C[C@H]2O[C@]3(C)C[C@H]4OC(=O)/C=C\C=C\C(=O)OCC[C@@H](C)[C@H](OC(=O)OCCSSC[C@H](NC(=O)[C@@H](C)CCC(=O)NC[C@H](O)[C@@H](O)[C@H](O)[C@H](O)CO)C(=O)O)C(=O)OC[C@@]2(CC1)[C@]4(C)[C@]31CO1. The molecule has 2 aliphatic carbocycles. The molecule has 392 valence electrons. The first-order chi connectivity index (χ1) is 33.0. The fourth-order valence-corrected chi connectivity index (χ4v) is 11.7. The first-order valence-electron chi connectivity index (χ1n) is 23.1. The number of nitrogens with one attached hydrogen (secondary N) is 2. The highest BCUT2D eigenvalue weighted by atomic mass is 33.1. The van der Waals surface area contributed by atoms with Crippen molar-refractivity contribution in [2.75, 3.05) is 51.1 Å². The second-order valence-corrected chi connectivity index (χ2v) is 21.5. The number of rotatable bonds is 19. The molecule has 3 fully saturated rings. The van der Waals surface area contributed by atoms with Crippen molar-refractivity contribution < 1.29 is 97.4 Å².